The molecule has 1 N–H and O–H groups in total. The van der Waals surface area contributed by atoms with Crippen molar-refractivity contribution in [1.82, 2.24) is 14.6 Å². The van der Waals surface area contributed by atoms with E-state index in [1.54, 1.807) is 6.20 Å². The molecule has 0 fully saturated rings. The van der Waals surface area contributed by atoms with Gasteiger partial charge in [-0.2, -0.15) is 0 Å². The Morgan fingerprint density at radius 3 is 2.86 bits per heavy atom. The monoisotopic (exact) mass is 297 g/mol. The lowest BCUT2D eigenvalue weighted by Gasteiger charge is -2.07. The van der Waals surface area contributed by atoms with Gasteiger partial charge in [-0.25, -0.2) is 0 Å². The maximum absolute atomic E-state index is 10.9. The number of carboxylic acid groups (broad SMARTS) is 1. The number of hydrogen-bond donors (Lipinski definition) is 1. The second-order valence-corrected chi connectivity index (χ2v) is 4.91. The molecule has 0 unspecified atom stereocenters. The fraction of sp³-hybridized carbons (Fsp3) is 0. The number of rotatable bonds is 4. The molecule has 7 heteroatoms. The highest BCUT2D eigenvalue weighted by Crippen LogP contribution is 2.26. The van der Waals surface area contributed by atoms with Gasteiger partial charge in [-0.05, 0) is 24.3 Å². The molecule has 0 saturated heterocycles. The Bertz CT molecular complexity index is 773. The third kappa shape index (κ3) is 2.87. The van der Waals surface area contributed by atoms with E-state index in [0.29, 0.717) is 5.00 Å². The summed E-state index contributed by atoms with van der Waals surface area (Å²) in [6.07, 6.45) is 1.72. The van der Waals surface area contributed by atoms with Crippen LogP contribution in [0.4, 0.5) is 10.7 Å². The zero-order valence-corrected chi connectivity index (χ0v) is 11.5. The van der Waals surface area contributed by atoms with Gasteiger partial charge in [-0.3, -0.25) is 4.98 Å². The summed E-state index contributed by atoms with van der Waals surface area (Å²) in [4.78, 5) is 15.2. The van der Waals surface area contributed by atoms with E-state index in [2.05, 4.69) is 19.9 Å². The molecule has 0 spiro atoms. The molecular weight excluding hydrogens is 288 g/mol. The Morgan fingerprint density at radius 2 is 2.10 bits per heavy atom. The largest absolute Gasteiger partial charge is 0.543 e. The van der Waals surface area contributed by atoms with Gasteiger partial charge in [0.1, 0.15) is 10.7 Å². The van der Waals surface area contributed by atoms with E-state index in [-0.39, 0.29) is 5.69 Å². The van der Waals surface area contributed by atoms with E-state index in [1.165, 1.54) is 0 Å². The number of carbonyl (C=O) groups is 1. The van der Waals surface area contributed by atoms with Crippen LogP contribution >= 0.6 is 11.5 Å². The third-order valence-electron chi connectivity index (χ3n) is 2.76. The maximum Gasteiger partial charge on any atom is 0.145 e. The minimum absolute atomic E-state index is 0.191. The van der Waals surface area contributed by atoms with E-state index in [9.17, 15) is 9.90 Å². The van der Waals surface area contributed by atoms with Crippen molar-refractivity contribution in [3.05, 3.63) is 54.4 Å². The number of pyridine rings is 1. The van der Waals surface area contributed by atoms with Gasteiger partial charge in [-0.15, -0.1) is 5.10 Å². The first-order valence-electron chi connectivity index (χ1n) is 6.06. The van der Waals surface area contributed by atoms with E-state index >= 15 is 0 Å². The molecule has 0 bridgehead atoms. The second-order valence-electron chi connectivity index (χ2n) is 4.16. The second kappa shape index (κ2) is 5.68. The lowest BCUT2D eigenvalue weighted by Crippen LogP contribution is -2.23. The minimum Gasteiger partial charge on any atom is -0.543 e. The number of benzene rings is 1. The van der Waals surface area contributed by atoms with Crippen LogP contribution in [0.2, 0.25) is 0 Å². The third-order valence-corrected chi connectivity index (χ3v) is 3.40. The molecule has 104 valence electrons. The van der Waals surface area contributed by atoms with Gasteiger partial charge in [0.25, 0.3) is 0 Å². The summed E-state index contributed by atoms with van der Waals surface area (Å²) in [5, 5.41) is 17.8. The van der Waals surface area contributed by atoms with Crippen LogP contribution in [0.1, 0.15) is 10.5 Å². The van der Waals surface area contributed by atoms with Crippen LogP contribution in [0.3, 0.4) is 0 Å². The Morgan fingerprint density at radius 1 is 1.19 bits per heavy atom. The first kappa shape index (κ1) is 13.2. The standard InChI is InChI=1S/C14H10N4O2S/c19-14(20)12-13(21-18-17-12)16-10-5-3-4-9(8-10)11-6-1-2-7-15-11/h1-8,16H,(H,19,20)/p-1. The van der Waals surface area contributed by atoms with Crippen molar-refractivity contribution in [3.8, 4) is 11.3 Å². The Kier molecular flexibility index (Phi) is 3.57. The predicted molar refractivity (Wildman–Crippen MR) is 77.2 cm³/mol. The van der Waals surface area contributed by atoms with Gasteiger partial charge >= 0.3 is 0 Å². The SMILES string of the molecule is O=C([O-])c1nnsc1Nc1cccc(-c2ccccn2)c1. The number of nitrogens with zero attached hydrogens (tertiary/aromatic N) is 3. The van der Waals surface area contributed by atoms with Crippen molar-refractivity contribution >= 4 is 28.2 Å². The number of carbonyl (C=O) groups excluding carboxylic acids is 1. The van der Waals surface area contributed by atoms with Crippen molar-refractivity contribution < 1.29 is 9.90 Å². The van der Waals surface area contributed by atoms with Crippen LogP contribution in [-0.2, 0) is 0 Å². The molecule has 21 heavy (non-hydrogen) atoms. The highest BCUT2D eigenvalue weighted by atomic mass is 32.1. The van der Waals surface area contributed by atoms with E-state index in [4.69, 9.17) is 0 Å². The number of nitrogens with one attached hydrogen (secondary N) is 1. The van der Waals surface area contributed by atoms with Crippen LogP contribution < -0.4 is 10.4 Å². The van der Waals surface area contributed by atoms with Gasteiger partial charge in [0.05, 0.1) is 11.7 Å². The quantitative estimate of drug-likeness (QED) is 0.788. The molecule has 0 aliphatic rings. The van der Waals surface area contributed by atoms with E-state index in [1.807, 2.05) is 42.5 Å². The molecular formula is C14H9N4O2S-. The fourth-order valence-electron chi connectivity index (χ4n) is 1.83. The van der Waals surface area contributed by atoms with Gasteiger partial charge in [0, 0.05) is 29.0 Å². The van der Waals surface area contributed by atoms with Crippen LogP contribution in [0.15, 0.2) is 48.7 Å². The molecule has 2 heterocycles. The summed E-state index contributed by atoms with van der Waals surface area (Å²) in [5.41, 5.74) is 2.30. The topological polar surface area (TPSA) is 90.8 Å². The zero-order chi connectivity index (χ0) is 14.7. The molecule has 0 aliphatic carbocycles. The summed E-state index contributed by atoms with van der Waals surface area (Å²) in [6.45, 7) is 0. The Balaban J connectivity index is 1.90. The van der Waals surface area contributed by atoms with Crippen molar-refractivity contribution in [3.63, 3.8) is 0 Å². The summed E-state index contributed by atoms with van der Waals surface area (Å²) in [7, 11) is 0. The molecule has 0 radical (unpaired) electrons. The predicted octanol–water partition coefficient (Wildman–Crippen LogP) is 1.71. The van der Waals surface area contributed by atoms with Crippen LogP contribution in [-0.4, -0.2) is 20.5 Å². The van der Waals surface area contributed by atoms with Crippen LogP contribution in [0, 0.1) is 0 Å². The molecule has 0 saturated carbocycles. The summed E-state index contributed by atoms with van der Waals surface area (Å²) in [5.74, 6) is -1.35. The molecule has 3 rings (SSSR count). The summed E-state index contributed by atoms with van der Waals surface area (Å²) < 4.78 is 3.62. The summed E-state index contributed by atoms with van der Waals surface area (Å²) in [6, 6.07) is 13.1. The highest BCUT2D eigenvalue weighted by Gasteiger charge is 2.09. The average Bonchev–Trinajstić information content (AvgIpc) is 2.97. The van der Waals surface area contributed by atoms with Gasteiger partial charge in [-0.1, -0.05) is 22.7 Å². The lowest BCUT2D eigenvalue weighted by atomic mass is 10.1. The fourth-order valence-corrected chi connectivity index (χ4v) is 2.41. The molecule has 1 aromatic carbocycles. The summed E-state index contributed by atoms with van der Waals surface area (Å²) >= 11 is 0.966. The molecule has 0 amide bonds. The smallest absolute Gasteiger partial charge is 0.145 e. The number of hydrogen-bond acceptors (Lipinski definition) is 7. The Labute approximate surface area is 124 Å². The van der Waals surface area contributed by atoms with Gasteiger partial charge < -0.3 is 15.2 Å². The van der Waals surface area contributed by atoms with Crippen LogP contribution in [0.25, 0.3) is 11.3 Å². The number of anilines is 2. The van der Waals surface area contributed by atoms with E-state index < -0.39 is 5.97 Å². The number of carboxylic acids is 1. The number of aromatic carboxylic acids is 1. The highest BCUT2D eigenvalue weighted by molar-refractivity contribution is 7.10. The van der Waals surface area contributed by atoms with Crippen molar-refractivity contribution in [2.45, 2.75) is 0 Å². The van der Waals surface area contributed by atoms with Crippen molar-refractivity contribution in [2.24, 2.45) is 0 Å². The molecule has 0 atom stereocenters. The lowest BCUT2D eigenvalue weighted by molar-refractivity contribution is -0.255. The minimum atomic E-state index is -1.35. The number of aromatic nitrogens is 3. The molecule has 6 nitrogen and oxygen atoms in total. The van der Waals surface area contributed by atoms with Crippen molar-refractivity contribution in [2.75, 3.05) is 5.32 Å². The van der Waals surface area contributed by atoms with Gasteiger partial charge in [0.15, 0.2) is 0 Å². The molecule has 2 aromatic heterocycles. The zero-order valence-electron chi connectivity index (χ0n) is 10.7. The van der Waals surface area contributed by atoms with Crippen LogP contribution in [0.5, 0.6) is 0 Å². The first-order valence-corrected chi connectivity index (χ1v) is 6.83. The average molecular weight is 297 g/mol. The maximum atomic E-state index is 10.9. The molecule has 0 aliphatic heterocycles. The van der Waals surface area contributed by atoms with Crippen molar-refractivity contribution in [1.29, 1.82) is 0 Å². The van der Waals surface area contributed by atoms with Gasteiger partial charge in [0.2, 0.25) is 0 Å². The first-order chi connectivity index (χ1) is 10.2. The Hall–Kier alpha value is -2.80. The normalized spacial score (nSPS) is 10.3. The van der Waals surface area contributed by atoms with E-state index in [0.717, 1.165) is 28.5 Å². The molecule has 3 aromatic rings.